The normalized spacial score (nSPS) is 16.2. The SMILES string of the molecule is C[C@]1(c2cc(O)c(C#N)c(Cl)c2)C(=O)Nc2nc(-c3cn4ccnc4c(Cc4cccc(F)c4)n3)nc(N)c21. The molecule has 0 fully saturated rings. The van der Waals surface area contributed by atoms with Crippen molar-refractivity contribution in [1.29, 1.82) is 5.26 Å². The van der Waals surface area contributed by atoms with Crippen LogP contribution in [0.4, 0.5) is 16.0 Å². The van der Waals surface area contributed by atoms with E-state index in [1.807, 2.05) is 6.07 Å². The maximum absolute atomic E-state index is 13.8. The van der Waals surface area contributed by atoms with E-state index in [-0.39, 0.29) is 39.6 Å². The van der Waals surface area contributed by atoms with Gasteiger partial charge in [0.05, 0.1) is 16.3 Å². The van der Waals surface area contributed by atoms with E-state index in [1.165, 1.54) is 24.3 Å². The summed E-state index contributed by atoms with van der Waals surface area (Å²) in [5, 5.41) is 22.3. The average molecular weight is 541 g/mol. The Balaban J connectivity index is 1.46. The topological polar surface area (TPSA) is 155 Å². The summed E-state index contributed by atoms with van der Waals surface area (Å²) in [5.74, 6) is -0.803. The fourth-order valence-corrected chi connectivity index (χ4v) is 5.11. The first-order valence-electron chi connectivity index (χ1n) is 11.7. The number of carbonyl (C=O) groups excluding carboxylic acids is 1. The number of phenolic OH excluding ortho intramolecular Hbond substituents is 1. The molecule has 6 rings (SSSR count). The Hall–Kier alpha value is -5.08. The van der Waals surface area contributed by atoms with Crippen molar-refractivity contribution >= 4 is 34.8 Å². The Kier molecular flexibility index (Phi) is 5.44. The van der Waals surface area contributed by atoms with Crippen molar-refractivity contribution in [3.63, 3.8) is 0 Å². The number of nitrogens with two attached hydrogens (primary N) is 1. The molecule has 4 N–H and O–H groups in total. The molecule has 1 amide bonds. The van der Waals surface area contributed by atoms with E-state index < -0.39 is 11.3 Å². The van der Waals surface area contributed by atoms with Gasteiger partial charge in [0, 0.05) is 25.0 Å². The number of anilines is 2. The third-order valence-corrected chi connectivity index (χ3v) is 7.11. The number of carbonyl (C=O) groups is 1. The molecule has 4 heterocycles. The molecule has 0 radical (unpaired) electrons. The molecule has 12 heteroatoms. The highest BCUT2D eigenvalue weighted by Crippen LogP contribution is 2.46. The van der Waals surface area contributed by atoms with Crippen molar-refractivity contribution < 1.29 is 14.3 Å². The van der Waals surface area contributed by atoms with E-state index in [4.69, 9.17) is 22.3 Å². The highest BCUT2D eigenvalue weighted by molar-refractivity contribution is 6.32. The van der Waals surface area contributed by atoms with Crippen LogP contribution in [0.15, 0.2) is 55.0 Å². The Morgan fingerprint density at radius 3 is 2.82 bits per heavy atom. The lowest BCUT2D eigenvalue weighted by Gasteiger charge is -2.24. The van der Waals surface area contributed by atoms with Crippen LogP contribution in [0.1, 0.15) is 34.9 Å². The molecule has 2 aromatic carbocycles. The van der Waals surface area contributed by atoms with Gasteiger partial charge in [-0.15, -0.1) is 0 Å². The molecule has 0 bridgehead atoms. The fraction of sp³-hybridized carbons (Fsp3) is 0.111. The molecule has 1 aliphatic rings. The van der Waals surface area contributed by atoms with Gasteiger partial charge in [-0.25, -0.2) is 24.3 Å². The van der Waals surface area contributed by atoms with Gasteiger partial charge in [0.1, 0.15) is 45.9 Å². The zero-order valence-corrected chi connectivity index (χ0v) is 21.0. The maximum atomic E-state index is 13.8. The molecular formula is C27H18ClFN8O2. The van der Waals surface area contributed by atoms with Gasteiger partial charge in [-0.1, -0.05) is 23.7 Å². The number of nitrogens with one attached hydrogen (secondary N) is 1. The summed E-state index contributed by atoms with van der Waals surface area (Å²) in [4.78, 5) is 31.4. The van der Waals surface area contributed by atoms with Crippen molar-refractivity contribution in [3.8, 4) is 23.3 Å². The quantitative estimate of drug-likeness (QED) is 0.309. The molecule has 1 atom stereocenters. The summed E-state index contributed by atoms with van der Waals surface area (Å²) in [6.07, 6.45) is 5.36. The summed E-state index contributed by atoms with van der Waals surface area (Å²) in [6, 6.07) is 10.8. The predicted octanol–water partition coefficient (Wildman–Crippen LogP) is 3.99. The van der Waals surface area contributed by atoms with E-state index in [1.54, 1.807) is 42.0 Å². The molecule has 3 aromatic heterocycles. The van der Waals surface area contributed by atoms with Crippen molar-refractivity contribution in [2.75, 3.05) is 11.1 Å². The molecule has 0 saturated heterocycles. The monoisotopic (exact) mass is 540 g/mol. The predicted molar refractivity (Wildman–Crippen MR) is 141 cm³/mol. The van der Waals surface area contributed by atoms with Crippen LogP contribution in [0.5, 0.6) is 5.75 Å². The zero-order valence-electron chi connectivity index (χ0n) is 20.3. The Labute approximate surface area is 225 Å². The van der Waals surface area contributed by atoms with Crippen LogP contribution in [0.25, 0.3) is 17.2 Å². The van der Waals surface area contributed by atoms with Gasteiger partial charge < -0.3 is 20.6 Å². The van der Waals surface area contributed by atoms with E-state index in [0.717, 1.165) is 0 Å². The molecule has 39 heavy (non-hydrogen) atoms. The number of halogens is 2. The maximum Gasteiger partial charge on any atom is 0.240 e. The molecular weight excluding hydrogens is 523 g/mol. The number of aromatic nitrogens is 5. The first-order valence-corrected chi connectivity index (χ1v) is 12.1. The second-order valence-corrected chi connectivity index (χ2v) is 9.64. The minimum absolute atomic E-state index is 0.00486. The molecule has 192 valence electrons. The Morgan fingerprint density at radius 1 is 1.26 bits per heavy atom. The van der Waals surface area contributed by atoms with Crippen molar-refractivity contribution in [1.82, 2.24) is 24.3 Å². The molecule has 0 spiro atoms. The number of fused-ring (bicyclic) bond motifs is 2. The standard InChI is InChI=1S/C27H18ClFN8O2/c1-27(14-9-17(28)16(11-30)20(38)10-14)21-22(31)34-23(35-24(21)36-26(27)39)19-12-37-6-5-32-25(37)18(33-19)8-13-3-2-4-15(29)7-13/h2-7,9-10,12,38H,8H2,1H3,(H3,31,34,35,36,39)/t27-/m1/s1. The third kappa shape index (κ3) is 3.81. The van der Waals surface area contributed by atoms with E-state index >= 15 is 0 Å². The van der Waals surface area contributed by atoms with Crippen LogP contribution in [0.3, 0.4) is 0 Å². The van der Waals surface area contributed by atoms with Crippen LogP contribution in [0, 0.1) is 17.1 Å². The fourth-order valence-electron chi connectivity index (χ4n) is 4.85. The van der Waals surface area contributed by atoms with Crippen LogP contribution >= 0.6 is 11.6 Å². The number of hydrogen-bond donors (Lipinski definition) is 3. The third-order valence-electron chi connectivity index (χ3n) is 6.81. The van der Waals surface area contributed by atoms with Crippen molar-refractivity contribution in [3.05, 3.63) is 93.8 Å². The van der Waals surface area contributed by atoms with Crippen LogP contribution in [-0.4, -0.2) is 35.4 Å². The molecule has 0 aliphatic carbocycles. The largest absolute Gasteiger partial charge is 0.507 e. The lowest BCUT2D eigenvalue weighted by Crippen LogP contribution is -2.33. The van der Waals surface area contributed by atoms with Gasteiger partial charge in [-0.05, 0) is 42.3 Å². The number of nitrogen functional groups attached to an aromatic ring is 1. The first kappa shape index (κ1) is 24.3. The van der Waals surface area contributed by atoms with Crippen LogP contribution in [-0.2, 0) is 16.6 Å². The lowest BCUT2D eigenvalue weighted by molar-refractivity contribution is -0.119. The molecule has 1 aliphatic heterocycles. The number of benzene rings is 2. The van der Waals surface area contributed by atoms with Crippen molar-refractivity contribution in [2.24, 2.45) is 0 Å². The van der Waals surface area contributed by atoms with Gasteiger partial charge in [-0.2, -0.15) is 5.26 Å². The Bertz CT molecular complexity index is 1860. The highest BCUT2D eigenvalue weighted by atomic mass is 35.5. The smallest absolute Gasteiger partial charge is 0.240 e. The molecule has 0 unspecified atom stereocenters. The van der Waals surface area contributed by atoms with Crippen molar-refractivity contribution in [2.45, 2.75) is 18.8 Å². The lowest BCUT2D eigenvalue weighted by atomic mass is 9.77. The first-order chi connectivity index (χ1) is 18.7. The van der Waals surface area contributed by atoms with Gasteiger partial charge >= 0.3 is 0 Å². The van der Waals surface area contributed by atoms with E-state index in [9.17, 15) is 19.6 Å². The summed E-state index contributed by atoms with van der Waals surface area (Å²) in [7, 11) is 0. The number of nitrogens with zero attached hydrogens (tertiary/aromatic N) is 6. The second-order valence-electron chi connectivity index (χ2n) is 9.24. The Morgan fingerprint density at radius 2 is 2.08 bits per heavy atom. The van der Waals surface area contributed by atoms with E-state index in [2.05, 4.69) is 20.3 Å². The molecule has 10 nitrogen and oxygen atoms in total. The number of amides is 1. The number of aromatic hydroxyl groups is 1. The number of phenols is 1. The number of rotatable bonds is 4. The second kappa shape index (κ2) is 8.75. The number of imidazole rings is 1. The summed E-state index contributed by atoms with van der Waals surface area (Å²) in [6.45, 7) is 1.61. The number of nitriles is 1. The summed E-state index contributed by atoms with van der Waals surface area (Å²) < 4.78 is 15.6. The highest BCUT2D eigenvalue weighted by Gasteiger charge is 2.48. The molecule has 5 aromatic rings. The van der Waals surface area contributed by atoms with Gasteiger partial charge in [0.2, 0.25) is 5.91 Å². The average Bonchev–Trinajstić information content (AvgIpc) is 3.47. The molecule has 0 saturated carbocycles. The minimum Gasteiger partial charge on any atom is -0.507 e. The van der Waals surface area contributed by atoms with Crippen LogP contribution in [0.2, 0.25) is 5.02 Å². The summed E-state index contributed by atoms with van der Waals surface area (Å²) in [5.41, 5.74) is 7.78. The van der Waals surface area contributed by atoms with Gasteiger partial charge in [0.15, 0.2) is 11.5 Å². The van der Waals surface area contributed by atoms with E-state index in [0.29, 0.717) is 40.1 Å². The van der Waals surface area contributed by atoms with Gasteiger partial charge in [-0.3, -0.25) is 4.79 Å². The van der Waals surface area contributed by atoms with Gasteiger partial charge in [0.25, 0.3) is 0 Å². The summed E-state index contributed by atoms with van der Waals surface area (Å²) >= 11 is 6.20. The minimum atomic E-state index is -1.39. The number of hydrogen-bond acceptors (Lipinski definition) is 8. The zero-order chi connectivity index (χ0) is 27.5. The van der Waals surface area contributed by atoms with Crippen LogP contribution < -0.4 is 11.1 Å².